The highest BCUT2D eigenvalue weighted by atomic mass is 31.0. The van der Waals surface area contributed by atoms with Crippen LogP contribution < -0.4 is 0 Å². The van der Waals surface area contributed by atoms with Crippen molar-refractivity contribution in [2.75, 3.05) is 0 Å². The Kier molecular flexibility index (Phi) is 7.31. The molecular weight excluding hydrogens is 223 g/mol. The van der Waals surface area contributed by atoms with Crippen molar-refractivity contribution in [1.29, 1.82) is 0 Å². The standard InChI is InChI=1S/C16H35P/c1-8-10-14(16(7,17)9-2)11-13(3)12-15(4,5)6/h13-14H,8-12,17H2,1-7H3. The molecule has 0 spiro atoms. The molecule has 0 saturated carbocycles. The monoisotopic (exact) mass is 258 g/mol. The Bertz CT molecular complexity index is 200. The summed E-state index contributed by atoms with van der Waals surface area (Å²) in [7, 11) is 3.12. The highest BCUT2D eigenvalue weighted by Gasteiger charge is 2.29. The summed E-state index contributed by atoms with van der Waals surface area (Å²) in [5, 5.41) is 0.433. The molecule has 0 rings (SSSR count). The van der Waals surface area contributed by atoms with E-state index in [4.69, 9.17) is 0 Å². The average Bonchev–Trinajstić information content (AvgIpc) is 2.14. The van der Waals surface area contributed by atoms with Crippen molar-refractivity contribution in [3.63, 3.8) is 0 Å². The lowest BCUT2D eigenvalue weighted by Gasteiger charge is -2.36. The molecule has 0 heterocycles. The van der Waals surface area contributed by atoms with Gasteiger partial charge < -0.3 is 0 Å². The summed E-state index contributed by atoms with van der Waals surface area (Å²) < 4.78 is 0. The predicted molar refractivity (Wildman–Crippen MR) is 84.7 cm³/mol. The van der Waals surface area contributed by atoms with Crippen LogP contribution in [0, 0.1) is 17.3 Å². The Morgan fingerprint density at radius 2 is 1.59 bits per heavy atom. The van der Waals surface area contributed by atoms with Crippen LogP contribution in [0.5, 0.6) is 0 Å². The summed E-state index contributed by atoms with van der Waals surface area (Å²) >= 11 is 0. The Morgan fingerprint density at radius 3 is 1.94 bits per heavy atom. The van der Waals surface area contributed by atoms with E-state index in [-0.39, 0.29) is 0 Å². The predicted octanol–water partition coefficient (Wildman–Crippen LogP) is 5.91. The first-order valence-electron chi connectivity index (χ1n) is 7.41. The van der Waals surface area contributed by atoms with E-state index in [9.17, 15) is 0 Å². The zero-order chi connectivity index (χ0) is 13.7. The molecule has 0 nitrogen and oxygen atoms in total. The SMILES string of the molecule is CCCC(CC(C)CC(C)(C)C)C(C)(P)CC. The van der Waals surface area contributed by atoms with Gasteiger partial charge in [0.1, 0.15) is 0 Å². The maximum Gasteiger partial charge on any atom is -0.0153 e. The topological polar surface area (TPSA) is 0 Å². The third kappa shape index (κ3) is 7.45. The quantitative estimate of drug-likeness (QED) is 0.498. The van der Waals surface area contributed by atoms with Crippen LogP contribution in [0.2, 0.25) is 0 Å². The molecule has 0 aromatic heterocycles. The van der Waals surface area contributed by atoms with Crippen molar-refractivity contribution in [3.8, 4) is 0 Å². The van der Waals surface area contributed by atoms with Gasteiger partial charge in [0.15, 0.2) is 0 Å². The summed E-state index contributed by atoms with van der Waals surface area (Å²) in [5.41, 5.74) is 0.472. The van der Waals surface area contributed by atoms with Gasteiger partial charge in [-0.1, -0.05) is 54.9 Å². The fraction of sp³-hybridized carbons (Fsp3) is 1.00. The van der Waals surface area contributed by atoms with Gasteiger partial charge in [-0.3, -0.25) is 0 Å². The Morgan fingerprint density at radius 1 is 1.06 bits per heavy atom. The van der Waals surface area contributed by atoms with E-state index in [0.29, 0.717) is 10.6 Å². The van der Waals surface area contributed by atoms with Gasteiger partial charge in [0.25, 0.3) is 0 Å². The first-order valence-corrected chi connectivity index (χ1v) is 7.99. The Balaban J connectivity index is 4.45. The Labute approximate surface area is 113 Å². The molecule has 104 valence electrons. The van der Waals surface area contributed by atoms with Gasteiger partial charge in [-0.25, -0.2) is 0 Å². The lowest BCUT2D eigenvalue weighted by molar-refractivity contribution is 0.234. The van der Waals surface area contributed by atoms with Gasteiger partial charge in [0, 0.05) is 0 Å². The summed E-state index contributed by atoms with van der Waals surface area (Å²) in [4.78, 5) is 0. The number of hydrogen-bond acceptors (Lipinski definition) is 0. The molecule has 0 aliphatic carbocycles. The van der Waals surface area contributed by atoms with Crippen LogP contribution in [-0.4, -0.2) is 5.16 Å². The highest BCUT2D eigenvalue weighted by Crippen LogP contribution is 2.40. The smallest absolute Gasteiger partial charge is 0.0153 e. The van der Waals surface area contributed by atoms with Crippen molar-refractivity contribution < 1.29 is 0 Å². The third-order valence-electron chi connectivity index (χ3n) is 3.98. The lowest BCUT2D eigenvalue weighted by atomic mass is 9.76. The van der Waals surface area contributed by atoms with E-state index in [0.717, 1.165) is 11.8 Å². The number of rotatable bonds is 7. The minimum Gasteiger partial charge on any atom is -0.131 e. The van der Waals surface area contributed by atoms with Crippen molar-refractivity contribution in [1.82, 2.24) is 0 Å². The van der Waals surface area contributed by atoms with Crippen LogP contribution in [0.4, 0.5) is 0 Å². The molecule has 0 amide bonds. The molecule has 1 heteroatoms. The van der Waals surface area contributed by atoms with E-state index in [2.05, 4.69) is 57.7 Å². The molecule has 0 saturated heterocycles. The third-order valence-corrected chi connectivity index (χ3v) is 4.86. The second-order valence-electron chi connectivity index (χ2n) is 7.45. The van der Waals surface area contributed by atoms with Crippen LogP contribution in [0.1, 0.15) is 80.6 Å². The van der Waals surface area contributed by atoms with Crippen LogP contribution in [0.15, 0.2) is 0 Å². The first-order chi connectivity index (χ1) is 7.62. The van der Waals surface area contributed by atoms with Gasteiger partial charge in [-0.2, -0.15) is 0 Å². The van der Waals surface area contributed by atoms with E-state index in [1.54, 1.807) is 0 Å². The second-order valence-corrected chi connectivity index (χ2v) is 8.77. The summed E-state index contributed by atoms with van der Waals surface area (Å²) in [6.07, 6.45) is 6.69. The van der Waals surface area contributed by atoms with Gasteiger partial charge in [-0.15, -0.1) is 9.24 Å². The molecule has 0 radical (unpaired) electrons. The highest BCUT2D eigenvalue weighted by molar-refractivity contribution is 7.18. The molecule has 0 N–H and O–H groups in total. The van der Waals surface area contributed by atoms with Crippen LogP contribution in [0.3, 0.4) is 0 Å². The van der Waals surface area contributed by atoms with E-state index >= 15 is 0 Å². The Hall–Kier alpha value is 0.430. The normalized spacial score (nSPS) is 19.8. The van der Waals surface area contributed by atoms with Crippen molar-refractivity contribution >= 4 is 9.24 Å². The molecule has 0 fully saturated rings. The summed E-state index contributed by atoms with van der Waals surface area (Å²) in [6, 6.07) is 0. The fourth-order valence-corrected chi connectivity index (χ4v) is 3.27. The molecule has 0 aromatic carbocycles. The summed E-state index contributed by atoms with van der Waals surface area (Å²) in [6.45, 7) is 16.6. The molecular formula is C16H35P. The van der Waals surface area contributed by atoms with Crippen LogP contribution >= 0.6 is 9.24 Å². The summed E-state index contributed by atoms with van der Waals surface area (Å²) in [5.74, 6) is 1.71. The van der Waals surface area contributed by atoms with E-state index in [1.165, 1.54) is 32.1 Å². The molecule has 0 bridgehead atoms. The fourth-order valence-electron chi connectivity index (χ4n) is 2.97. The molecule has 0 aliphatic rings. The van der Waals surface area contributed by atoms with Crippen molar-refractivity contribution in [2.24, 2.45) is 17.3 Å². The van der Waals surface area contributed by atoms with Gasteiger partial charge >= 0.3 is 0 Å². The minimum atomic E-state index is 0.433. The minimum absolute atomic E-state index is 0.433. The first kappa shape index (κ1) is 17.4. The van der Waals surface area contributed by atoms with Crippen LogP contribution in [-0.2, 0) is 0 Å². The van der Waals surface area contributed by atoms with E-state index < -0.39 is 0 Å². The largest absolute Gasteiger partial charge is 0.131 e. The maximum atomic E-state index is 3.12. The second kappa shape index (κ2) is 7.13. The lowest BCUT2D eigenvalue weighted by Crippen LogP contribution is -2.29. The zero-order valence-corrected chi connectivity index (χ0v) is 14.4. The van der Waals surface area contributed by atoms with Gasteiger partial charge in [-0.05, 0) is 48.1 Å². The van der Waals surface area contributed by atoms with E-state index in [1.807, 2.05) is 0 Å². The molecule has 17 heavy (non-hydrogen) atoms. The number of hydrogen-bond donors (Lipinski definition) is 0. The molecule has 0 aromatic rings. The molecule has 4 atom stereocenters. The van der Waals surface area contributed by atoms with Crippen molar-refractivity contribution in [3.05, 3.63) is 0 Å². The van der Waals surface area contributed by atoms with Gasteiger partial charge in [0.05, 0.1) is 0 Å². The molecule has 0 aliphatic heterocycles. The maximum absolute atomic E-state index is 3.12. The van der Waals surface area contributed by atoms with Crippen molar-refractivity contribution in [2.45, 2.75) is 85.7 Å². The average molecular weight is 258 g/mol. The van der Waals surface area contributed by atoms with Gasteiger partial charge in [0.2, 0.25) is 0 Å². The van der Waals surface area contributed by atoms with Crippen LogP contribution in [0.25, 0.3) is 0 Å². The zero-order valence-electron chi connectivity index (χ0n) is 13.3. The molecule has 4 unspecified atom stereocenters.